The van der Waals surface area contributed by atoms with E-state index in [0.29, 0.717) is 10.8 Å². The predicted octanol–water partition coefficient (Wildman–Crippen LogP) is 1.00. The monoisotopic (exact) mass is 251 g/mol. The zero-order valence-electron chi connectivity index (χ0n) is 8.99. The Morgan fingerprint density at radius 2 is 2.18 bits per heavy atom. The lowest BCUT2D eigenvalue weighted by atomic mass is 10.2. The van der Waals surface area contributed by atoms with Crippen LogP contribution < -0.4 is 0 Å². The van der Waals surface area contributed by atoms with E-state index in [1.54, 1.807) is 0 Å². The Kier molecular flexibility index (Phi) is 2.18. The van der Waals surface area contributed by atoms with Gasteiger partial charge in [-0.25, -0.2) is 4.79 Å². The summed E-state index contributed by atoms with van der Waals surface area (Å²) < 4.78 is 1.51. The van der Waals surface area contributed by atoms with Gasteiger partial charge in [-0.05, 0) is 19.8 Å². The van der Waals surface area contributed by atoms with Gasteiger partial charge in [0.05, 0.1) is 5.69 Å². The largest absolute Gasteiger partial charge is 0.476 e. The third-order valence-electron chi connectivity index (χ3n) is 2.57. The molecule has 0 saturated heterocycles. The second-order valence-electron chi connectivity index (χ2n) is 3.92. The molecular weight excluding hydrogens is 242 g/mol. The number of aromatic nitrogens is 5. The van der Waals surface area contributed by atoms with Crippen LogP contribution in [0.2, 0.25) is 0 Å². The molecular formula is C9H9N5O2S. The number of rotatable bonds is 3. The first-order chi connectivity index (χ1) is 8.16. The number of carboxylic acids is 1. The van der Waals surface area contributed by atoms with Gasteiger partial charge in [-0.3, -0.25) is 0 Å². The van der Waals surface area contributed by atoms with Crippen LogP contribution in [-0.4, -0.2) is 36.3 Å². The third-order valence-corrected chi connectivity index (χ3v) is 3.38. The summed E-state index contributed by atoms with van der Waals surface area (Å²) in [6.07, 6.45) is 1.96. The van der Waals surface area contributed by atoms with Crippen LogP contribution in [-0.2, 0) is 0 Å². The van der Waals surface area contributed by atoms with Gasteiger partial charge in [-0.2, -0.15) is 4.68 Å². The molecule has 1 fully saturated rings. The first-order valence-electron chi connectivity index (χ1n) is 5.16. The first-order valence-corrected chi connectivity index (χ1v) is 5.98. The van der Waals surface area contributed by atoms with Crippen molar-refractivity contribution < 1.29 is 9.90 Å². The molecule has 88 valence electrons. The molecule has 7 nitrogen and oxygen atoms in total. The van der Waals surface area contributed by atoms with Crippen LogP contribution in [0, 0.1) is 6.92 Å². The zero-order valence-corrected chi connectivity index (χ0v) is 9.81. The molecule has 0 bridgehead atoms. The van der Waals surface area contributed by atoms with Gasteiger partial charge in [0.2, 0.25) is 5.13 Å². The van der Waals surface area contributed by atoms with Crippen LogP contribution in [0.25, 0.3) is 5.13 Å². The molecule has 2 heterocycles. The van der Waals surface area contributed by atoms with Crippen molar-refractivity contribution in [2.24, 2.45) is 0 Å². The average molecular weight is 251 g/mol. The minimum absolute atomic E-state index is 0.0281. The molecule has 8 heteroatoms. The average Bonchev–Trinajstić information content (AvgIpc) is 2.87. The number of carbonyl (C=O) groups is 1. The summed E-state index contributed by atoms with van der Waals surface area (Å²) in [5.41, 5.74) is 0.675. The fraction of sp³-hybridized carbons (Fsp3) is 0.444. The Labute approximate surface area is 100 Å². The second-order valence-corrected chi connectivity index (χ2v) is 5.08. The predicted molar refractivity (Wildman–Crippen MR) is 58.5 cm³/mol. The molecule has 0 unspecified atom stereocenters. The Hall–Kier alpha value is -1.83. The third kappa shape index (κ3) is 1.70. The van der Waals surface area contributed by atoms with Gasteiger partial charge in [0.25, 0.3) is 0 Å². The maximum absolute atomic E-state index is 11.1. The summed E-state index contributed by atoms with van der Waals surface area (Å²) in [5, 5.41) is 25.9. The minimum atomic E-state index is -1.04. The molecule has 0 aromatic carbocycles. The van der Waals surface area contributed by atoms with Crippen molar-refractivity contribution in [3.63, 3.8) is 0 Å². The lowest BCUT2D eigenvalue weighted by Gasteiger charge is -2.00. The van der Waals surface area contributed by atoms with Crippen LogP contribution in [0.5, 0.6) is 0 Å². The molecule has 2 aromatic heterocycles. The van der Waals surface area contributed by atoms with E-state index in [9.17, 15) is 4.79 Å². The molecule has 1 aliphatic rings. The van der Waals surface area contributed by atoms with E-state index in [1.165, 1.54) is 16.0 Å². The van der Waals surface area contributed by atoms with E-state index in [-0.39, 0.29) is 11.6 Å². The molecule has 0 amide bonds. The van der Waals surface area contributed by atoms with Crippen molar-refractivity contribution in [1.82, 2.24) is 25.2 Å². The molecule has 2 aromatic rings. The Balaban J connectivity index is 2.13. The van der Waals surface area contributed by atoms with E-state index in [0.717, 1.165) is 17.8 Å². The number of aromatic carboxylic acids is 1. The van der Waals surface area contributed by atoms with Crippen molar-refractivity contribution >= 4 is 17.3 Å². The van der Waals surface area contributed by atoms with E-state index < -0.39 is 5.97 Å². The summed E-state index contributed by atoms with van der Waals surface area (Å²) in [6.45, 7) is 1.84. The van der Waals surface area contributed by atoms with Crippen LogP contribution in [0.1, 0.15) is 39.9 Å². The molecule has 1 N–H and O–H groups in total. The van der Waals surface area contributed by atoms with Crippen molar-refractivity contribution in [2.75, 3.05) is 0 Å². The highest BCUT2D eigenvalue weighted by molar-refractivity contribution is 7.13. The standard InChI is InChI=1S/C9H9N5O2S/c1-4-10-12-9(17-4)14-7(5-2-3-5)6(8(15)16)11-13-14/h5H,2-3H2,1H3,(H,15,16). The first kappa shape index (κ1) is 10.3. The summed E-state index contributed by atoms with van der Waals surface area (Å²) in [4.78, 5) is 11.1. The van der Waals surface area contributed by atoms with Crippen molar-refractivity contribution in [3.05, 3.63) is 16.4 Å². The summed E-state index contributed by atoms with van der Waals surface area (Å²) >= 11 is 1.37. The molecule has 1 aliphatic carbocycles. The number of nitrogens with zero attached hydrogens (tertiary/aromatic N) is 5. The fourth-order valence-electron chi connectivity index (χ4n) is 1.68. The number of carboxylic acid groups (broad SMARTS) is 1. The highest BCUT2D eigenvalue weighted by Crippen LogP contribution is 2.42. The number of hydrogen-bond donors (Lipinski definition) is 1. The van der Waals surface area contributed by atoms with Crippen LogP contribution in [0.15, 0.2) is 0 Å². The smallest absolute Gasteiger partial charge is 0.358 e. The summed E-state index contributed by atoms with van der Waals surface area (Å²) in [5.74, 6) is -0.806. The van der Waals surface area contributed by atoms with Crippen molar-refractivity contribution in [2.45, 2.75) is 25.7 Å². The van der Waals surface area contributed by atoms with Gasteiger partial charge >= 0.3 is 5.97 Å². The Morgan fingerprint density at radius 3 is 2.71 bits per heavy atom. The topological polar surface area (TPSA) is 93.8 Å². The second kappa shape index (κ2) is 3.59. The Morgan fingerprint density at radius 1 is 1.41 bits per heavy atom. The van der Waals surface area contributed by atoms with Gasteiger partial charge in [-0.1, -0.05) is 16.6 Å². The van der Waals surface area contributed by atoms with Gasteiger partial charge in [0.15, 0.2) is 5.69 Å². The number of hydrogen-bond acceptors (Lipinski definition) is 6. The SMILES string of the molecule is Cc1nnc(-n2nnc(C(=O)O)c2C2CC2)s1. The van der Waals surface area contributed by atoms with Crippen LogP contribution >= 0.6 is 11.3 Å². The van der Waals surface area contributed by atoms with Gasteiger partial charge in [-0.15, -0.1) is 15.3 Å². The fourth-order valence-corrected chi connectivity index (χ4v) is 2.33. The summed E-state index contributed by atoms with van der Waals surface area (Å²) in [6, 6.07) is 0. The normalized spacial score (nSPS) is 15.1. The van der Waals surface area contributed by atoms with E-state index >= 15 is 0 Å². The van der Waals surface area contributed by atoms with E-state index in [4.69, 9.17) is 5.11 Å². The van der Waals surface area contributed by atoms with Crippen molar-refractivity contribution in [3.8, 4) is 5.13 Å². The quantitative estimate of drug-likeness (QED) is 0.874. The van der Waals surface area contributed by atoms with Gasteiger partial charge < -0.3 is 5.11 Å². The lowest BCUT2D eigenvalue weighted by Crippen LogP contribution is -2.05. The maximum Gasteiger partial charge on any atom is 0.358 e. The van der Waals surface area contributed by atoms with Crippen molar-refractivity contribution in [1.29, 1.82) is 0 Å². The van der Waals surface area contributed by atoms with Crippen LogP contribution in [0.3, 0.4) is 0 Å². The molecule has 0 spiro atoms. The van der Waals surface area contributed by atoms with E-state index in [1.807, 2.05) is 6.92 Å². The molecule has 17 heavy (non-hydrogen) atoms. The molecule has 0 radical (unpaired) electrons. The van der Waals surface area contributed by atoms with E-state index in [2.05, 4.69) is 20.5 Å². The highest BCUT2D eigenvalue weighted by atomic mass is 32.1. The van der Waals surface area contributed by atoms with Crippen LogP contribution in [0.4, 0.5) is 0 Å². The minimum Gasteiger partial charge on any atom is -0.476 e. The Bertz CT molecular complexity index is 586. The maximum atomic E-state index is 11.1. The number of aryl methyl sites for hydroxylation is 1. The highest BCUT2D eigenvalue weighted by Gasteiger charge is 2.34. The lowest BCUT2D eigenvalue weighted by molar-refractivity contribution is 0.0689. The molecule has 0 aliphatic heterocycles. The summed E-state index contributed by atoms with van der Waals surface area (Å²) in [7, 11) is 0. The van der Waals surface area contributed by atoms with Gasteiger partial charge in [0, 0.05) is 5.92 Å². The van der Waals surface area contributed by atoms with Gasteiger partial charge in [0.1, 0.15) is 5.01 Å². The molecule has 1 saturated carbocycles. The zero-order chi connectivity index (χ0) is 12.0. The molecule has 0 atom stereocenters. The molecule has 3 rings (SSSR count).